The molecule has 0 radical (unpaired) electrons. The van der Waals surface area contributed by atoms with Crippen molar-refractivity contribution in [2.45, 2.75) is 5.41 Å². The van der Waals surface area contributed by atoms with Gasteiger partial charge in [0.05, 0.1) is 33.9 Å². The summed E-state index contributed by atoms with van der Waals surface area (Å²) in [5, 5.41) is 0. The Morgan fingerprint density at radius 3 is 0.807 bits per heavy atom. The average Bonchev–Trinajstić information content (AvgIpc) is 3.60. The molecule has 4 nitrogen and oxygen atoms in total. The molecule has 0 heterocycles. The summed E-state index contributed by atoms with van der Waals surface area (Å²) < 4.78 is 22.3. The van der Waals surface area contributed by atoms with E-state index < -0.39 is 5.41 Å². The molecule has 0 bridgehead atoms. The average molecular weight is 743 g/mol. The van der Waals surface area contributed by atoms with E-state index in [0.717, 1.165) is 67.5 Å². The largest absolute Gasteiger partial charge is 0.497 e. The van der Waals surface area contributed by atoms with Crippen LogP contribution in [0.15, 0.2) is 182 Å². The first kappa shape index (κ1) is 35.6. The first-order chi connectivity index (χ1) is 28.0. The lowest BCUT2D eigenvalue weighted by Crippen LogP contribution is -2.29. The SMILES string of the molecule is COc1ccc(-c2cc(-c3ccc(OC)cc3)cc(C3(c4cc(-c5ccc(OC)cc5)cc(-c5ccc(OC)cc5)c4)c4ccccc4-c4ccccc43)c2)cc1. The molecule has 0 saturated heterocycles. The first-order valence-electron chi connectivity index (χ1n) is 19.1. The lowest BCUT2D eigenvalue weighted by Gasteiger charge is -2.35. The molecular formula is C53H42O4. The molecule has 8 aromatic carbocycles. The van der Waals surface area contributed by atoms with E-state index in [1.807, 2.05) is 48.5 Å². The van der Waals surface area contributed by atoms with Gasteiger partial charge in [-0.05, 0) is 163 Å². The maximum atomic E-state index is 5.57. The summed E-state index contributed by atoms with van der Waals surface area (Å²) in [6.07, 6.45) is 0. The van der Waals surface area contributed by atoms with Gasteiger partial charge in [-0.3, -0.25) is 0 Å². The second-order valence-electron chi connectivity index (χ2n) is 14.4. The fraction of sp³-hybridized carbons (Fsp3) is 0.0943. The van der Waals surface area contributed by atoms with Crippen LogP contribution in [-0.2, 0) is 5.41 Å². The van der Waals surface area contributed by atoms with Crippen molar-refractivity contribution in [2.75, 3.05) is 28.4 Å². The molecule has 0 fully saturated rings. The van der Waals surface area contributed by atoms with Gasteiger partial charge >= 0.3 is 0 Å². The Morgan fingerprint density at radius 1 is 0.281 bits per heavy atom. The highest BCUT2D eigenvalue weighted by atomic mass is 16.5. The minimum absolute atomic E-state index is 0.694. The molecular weight excluding hydrogens is 701 g/mol. The van der Waals surface area contributed by atoms with Crippen LogP contribution in [0.2, 0.25) is 0 Å². The van der Waals surface area contributed by atoms with E-state index >= 15 is 0 Å². The second-order valence-corrected chi connectivity index (χ2v) is 14.4. The molecule has 4 heteroatoms. The van der Waals surface area contributed by atoms with E-state index in [2.05, 4.69) is 133 Å². The topological polar surface area (TPSA) is 36.9 Å². The van der Waals surface area contributed by atoms with Crippen LogP contribution in [0.1, 0.15) is 22.3 Å². The maximum Gasteiger partial charge on any atom is 0.118 e. The van der Waals surface area contributed by atoms with Crippen molar-refractivity contribution in [1.29, 1.82) is 0 Å². The Morgan fingerprint density at radius 2 is 0.544 bits per heavy atom. The first-order valence-corrected chi connectivity index (χ1v) is 19.1. The summed E-state index contributed by atoms with van der Waals surface area (Å²) >= 11 is 0. The zero-order chi connectivity index (χ0) is 38.9. The van der Waals surface area contributed by atoms with Gasteiger partial charge in [-0.1, -0.05) is 97.1 Å². The fourth-order valence-electron chi connectivity index (χ4n) is 8.51. The van der Waals surface area contributed by atoms with Crippen molar-refractivity contribution in [3.05, 3.63) is 204 Å². The van der Waals surface area contributed by atoms with Crippen LogP contribution in [0.4, 0.5) is 0 Å². The zero-order valence-electron chi connectivity index (χ0n) is 32.5. The Labute approximate surface area is 334 Å². The second kappa shape index (κ2) is 14.9. The van der Waals surface area contributed by atoms with Crippen molar-refractivity contribution >= 4 is 0 Å². The van der Waals surface area contributed by atoms with Crippen molar-refractivity contribution in [2.24, 2.45) is 0 Å². The van der Waals surface area contributed by atoms with Gasteiger partial charge in [-0.15, -0.1) is 0 Å². The maximum absolute atomic E-state index is 5.57. The van der Waals surface area contributed by atoms with Crippen LogP contribution < -0.4 is 18.9 Å². The molecule has 0 amide bonds. The standard InChI is InChI=1S/C53H42O4/c1-54-45-21-13-35(14-22-45)39-29-40(36-15-23-46(55-2)24-16-36)32-43(31-39)53(51-11-7-5-9-49(51)50-10-6-8-12-52(50)53)44-33-41(37-17-25-47(56-3)26-18-37)30-42(34-44)38-19-27-48(57-4)28-20-38/h5-34H,1-4H3. The molecule has 0 aromatic heterocycles. The summed E-state index contributed by atoms with van der Waals surface area (Å²) in [5.41, 5.74) is 15.5. The Kier molecular flexibility index (Phi) is 9.31. The van der Waals surface area contributed by atoms with Crippen LogP contribution in [0.3, 0.4) is 0 Å². The van der Waals surface area contributed by atoms with Gasteiger partial charge < -0.3 is 18.9 Å². The van der Waals surface area contributed by atoms with E-state index in [4.69, 9.17) is 18.9 Å². The highest BCUT2D eigenvalue weighted by molar-refractivity contribution is 5.89. The lowest BCUT2D eigenvalue weighted by atomic mass is 9.66. The van der Waals surface area contributed by atoms with Crippen LogP contribution >= 0.6 is 0 Å². The van der Waals surface area contributed by atoms with Crippen molar-refractivity contribution in [3.63, 3.8) is 0 Å². The molecule has 8 aromatic rings. The van der Waals surface area contributed by atoms with E-state index in [-0.39, 0.29) is 0 Å². The molecule has 278 valence electrons. The molecule has 9 rings (SSSR count). The van der Waals surface area contributed by atoms with Crippen LogP contribution in [0, 0.1) is 0 Å². The molecule has 0 aliphatic heterocycles. The molecule has 1 aliphatic carbocycles. The molecule has 0 saturated carbocycles. The number of rotatable bonds is 10. The van der Waals surface area contributed by atoms with Gasteiger partial charge in [0, 0.05) is 0 Å². The molecule has 0 atom stereocenters. The number of hydrogen-bond donors (Lipinski definition) is 0. The van der Waals surface area contributed by atoms with Gasteiger partial charge in [0.25, 0.3) is 0 Å². The highest BCUT2D eigenvalue weighted by Gasteiger charge is 2.46. The summed E-state index contributed by atoms with van der Waals surface area (Å²) in [5.74, 6) is 3.28. The molecule has 57 heavy (non-hydrogen) atoms. The highest BCUT2D eigenvalue weighted by Crippen LogP contribution is 2.57. The van der Waals surface area contributed by atoms with Crippen molar-refractivity contribution < 1.29 is 18.9 Å². The zero-order valence-corrected chi connectivity index (χ0v) is 32.5. The van der Waals surface area contributed by atoms with Gasteiger partial charge in [0.1, 0.15) is 23.0 Å². The van der Waals surface area contributed by atoms with Gasteiger partial charge in [-0.2, -0.15) is 0 Å². The predicted molar refractivity (Wildman–Crippen MR) is 232 cm³/mol. The van der Waals surface area contributed by atoms with E-state index in [9.17, 15) is 0 Å². The smallest absolute Gasteiger partial charge is 0.118 e. The Balaban J connectivity index is 1.39. The number of benzene rings is 8. The van der Waals surface area contributed by atoms with Gasteiger partial charge in [0.2, 0.25) is 0 Å². The molecule has 0 spiro atoms. The normalized spacial score (nSPS) is 12.4. The number of fused-ring (bicyclic) bond motifs is 3. The number of ether oxygens (including phenoxy) is 4. The lowest BCUT2D eigenvalue weighted by molar-refractivity contribution is 0.415. The van der Waals surface area contributed by atoms with Crippen LogP contribution in [-0.4, -0.2) is 28.4 Å². The minimum atomic E-state index is -0.694. The van der Waals surface area contributed by atoms with Gasteiger partial charge in [-0.25, -0.2) is 0 Å². The number of methoxy groups -OCH3 is 4. The van der Waals surface area contributed by atoms with E-state index in [0.29, 0.717) is 0 Å². The van der Waals surface area contributed by atoms with Crippen molar-refractivity contribution in [3.8, 4) is 78.6 Å². The predicted octanol–water partition coefficient (Wildman–Crippen LogP) is 12.8. The van der Waals surface area contributed by atoms with Crippen LogP contribution in [0.25, 0.3) is 55.6 Å². The van der Waals surface area contributed by atoms with E-state index in [1.165, 1.54) is 33.4 Å². The summed E-state index contributed by atoms with van der Waals surface area (Å²) in [6, 6.07) is 65.4. The minimum Gasteiger partial charge on any atom is -0.497 e. The van der Waals surface area contributed by atoms with E-state index in [1.54, 1.807) is 28.4 Å². The van der Waals surface area contributed by atoms with Gasteiger partial charge in [0.15, 0.2) is 0 Å². The van der Waals surface area contributed by atoms with Crippen LogP contribution in [0.5, 0.6) is 23.0 Å². The Bertz CT molecular complexity index is 2370. The molecule has 0 N–H and O–H groups in total. The molecule has 0 unspecified atom stereocenters. The number of hydrogen-bond acceptors (Lipinski definition) is 4. The summed E-state index contributed by atoms with van der Waals surface area (Å²) in [4.78, 5) is 0. The summed E-state index contributed by atoms with van der Waals surface area (Å²) in [6.45, 7) is 0. The molecule has 1 aliphatic rings. The summed E-state index contributed by atoms with van der Waals surface area (Å²) in [7, 11) is 6.82. The fourth-order valence-corrected chi connectivity index (χ4v) is 8.51. The third-order valence-corrected chi connectivity index (χ3v) is 11.4. The third kappa shape index (κ3) is 6.30. The quantitative estimate of drug-likeness (QED) is 0.140. The van der Waals surface area contributed by atoms with Crippen molar-refractivity contribution in [1.82, 2.24) is 0 Å². The monoisotopic (exact) mass is 742 g/mol. The Hall–Kier alpha value is -7.04. The third-order valence-electron chi connectivity index (χ3n) is 11.4.